The Morgan fingerprint density at radius 1 is 1.12 bits per heavy atom. The average molecular weight is 362 g/mol. The number of rotatable bonds is 9. The van der Waals surface area contributed by atoms with Gasteiger partial charge in [0.25, 0.3) is 0 Å². The summed E-state index contributed by atoms with van der Waals surface area (Å²) in [7, 11) is 0. The Balaban J connectivity index is 1.94. The zero-order valence-corrected chi connectivity index (χ0v) is 15.5. The van der Waals surface area contributed by atoms with Gasteiger partial charge in [-0.2, -0.15) is 0 Å². The fourth-order valence-electron chi connectivity index (χ4n) is 2.82. The number of imide groups is 1. The smallest absolute Gasteiger partial charge is 0.229 e. The van der Waals surface area contributed by atoms with Crippen molar-refractivity contribution in [1.82, 2.24) is 10.2 Å². The number of carbonyl (C=O) groups excluding carboxylic acids is 3. The van der Waals surface area contributed by atoms with Crippen molar-refractivity contribution in [1.29, 1.82) is 0 Å². The minimum atomic E-state index is -0.234. The van der Waals surface area contributed by atoms with Crippen LogP contribution in [-0.2, 0) is 14.4 Å². The molecule has 1 aliphatic heterocycles. The summed E-state index contributed by atoms with van der Waals surface area (Å²) < 4.78 is 11.1. The van der Waals surface area contributed by atoms with Gasteiger partial charge in [-0.05, 0) is 38.5 Å². The van der Waals surface area contributed by atoms with Gasteiger partial charge in [-0.1, -0.05) is 6.07 Å². The van der Waals surface area contributed by atoms with Crippen LogP contribution >= 0.6 is 0 Å². The second-order valence-corrected chi connectivity index (χ2v) is 6.05. The summed E-state index contributed by atoms with van der Waals surface area (Å²) in [4.78, 5) is 36.5. The van der Waals surface area contributed by atoms with Crippen molar-refractivity contribution in [2.24, 2.45) is 0 Å². The predicted octanol–water partition coefficient (Wildman–Crippen LogP) is 2.20. The van der Waals surface area contributed by atoms with Crippen LogP contribution in [0.25, 0.3) is 0 Å². The fraction of sp³-hybridized carbons (Fsp3) is 0.526. The summed E-state index contributed by atoms with van der Waals surface area (Å²) in [6, 6.07) is 5.33. The monoisotopic (exact) mass is 362 g/mol. The Kier molecular flexibility index (Phi) is 7.00. The molecule has 26 heavy (non-hydrogen) atoms. The van der Waals surface area contributed by atoms with Gasteiger partial charge in [0.1, 0.15) is 0 Å². The van der Waals surface area contributed by atoms with Gasteiger partial charge >= 0.3 is 0 Å². The maximum atomic E-state index is 12.2. The summed E-state index contributed by atoms with van der Waals surface area (Å²) in [5.74, 6) is 0.688. The van der Waals surface area contributed by atoms with E-state index in [9.17, 15) is 14.4 Å². The molecule has 0 bridgehead atoms. The maximum Gasteiger partial charge on any atom is 0.229 e. The van der Waals surface area contributed by atoms with Crippen molar-refractivity contribution in [3.63, 3.8) is 0 Å². The molecule has 1 fully saturated rings. The molecule has 1 aliphatic rings. The molecule has 7 heteroatoms. The molecule has 0 saturated carbocycles. The lowest BCUT2D eigenvalue weighted by Crippen LogP contribution is -2.34. The third-order valence-electron chi connectivity index (χ3n) is 4.16. The number of amides is 3. The van der Waals surface area contributed by atoms with Crippen LogP contribution in [0.3, 0.4) is 0 Å². The number of carbonyl (C=O) groups is 3. The summed E-state index contributed by atoms with van der Waals surface area (Å²) >= 11 is 0. The number of ether oxygens (including phenoxy) is 2. The summed E-state index contributed by atoms with van der Waals surface area (Å²) in [5.41, 5.74) is 0.888. The molecule has 2 rings (SSSR count). The van der Waals surface area contributed by atoms with Gasteiger partial charge in [0.2, 0.25) is 17.7 Å². The van der Waals surface area contributed by atoms with E-state index in [1.54, 1.807) is 0 Å². The van der Waals surface area contributed by atoms with Crippen molar-refractivity contribution in [3.05, 3.63) is 23.8 Å². The molecule has 1 atom stereocenters. The van der Waals surface area contributed by atoms with Gasteiger partial charge in [-0.25, -0.2) is 0 Å². The molecule has 1 aromatic carbocycles. The highest BCUT2D eigenvalue weighted by atomic mass is 16.5. The normalized spacial score (nSPS) is 15.1. The van der Waals surface area contributed by atoms with Crippen LogP contribution in [-0.4, -0.2) is 42.4 Å². The molecule has 1 unspecified atom stereocenters. The second kappa shape index (κ2) is 9.22. The first kappa shape index (κ1) is 19.8. The molecule has 0 radical (unpaired) electrons. The van der Waals surface area contributed by atoms with Crippen LogP contribution in [0.15, 0.2) is 18.2 Å². The second-order valence-electron chi connectivity index (χ2n) is 6.05. The van der Waals surface area contributed by atoms with Crippen LogP contribution in [0.1, 0.15) is 51.6 Å². The first-order valence-corrected chi connectivity index (χ1v) is 8.98. The van der Waals surface area contributed by atoms with Crippen LogP contribution in [0.2, 0.25) is 0 Å². The van der Waals surface area contributed by atoms with Crippen molar-refractivity contribution in [3.8, 4) is 11.5 Å². The van der Waals surface area contributed by atoms with Gasteiger partial charge < -0.3 is 14.8 Å². The topological polar surface area (TPSA) is 84.9 Å². The molecule has 1 saturated heterocycles. The molecular formula is C19H26N2O5. The average Bonchev–Trinajstić information content (AvgIpc) is 2.93. The van der Waals surface area contributed by atoms with Crippen LogP contribution in [0.5, 0.6) is 11.5 Å². The van der Waals surface area contributed by atoms with Crippen molar-refractivity contribution in [2.75, 3.05) is 19.8 Å². The van der Waals surface area contributed by atoms with E-state index in [2.05, 4.69) is 5.32 Å². The zero-order chi connectivity index (χ0) is 19.1. The molecule has 3 amide bonds. The van der Waals surface area contributed by atoms with Crippen LogP contribution in [0.4, 0.5) is 0 Å². The van der Waals surface area contributed by atoms with E-state index in [0.29, 0.717) is 24.7 Å². The van der Waals surface area contributed by atoms with Crippen molar-refractivity contribution >= 4 is 17.7 Å². The summed E-state index contributed by atoms with van der Waals surface area (Å²) in [6.45, 7) is 6.86. The number of nitrogens with zero attached hydrogens (tertiary/aromatic N) is 1. The highest BCUT2D eigenvalue weighted by molar-refractivity contribution is 6.02. The lowest BCUT2D eigenvalue weighted by molar-refractivity contribution is -0.138. The van der Waals surface area contributed by atoms with Gasteiger partial charge in [0.15, 0.2) is 11.5 Å². The van der Waals surface area contributed by atoms with Crippen molar-refractivity contribution in [2.45, 2.75) is 46.1 Å². The first-order chi connectivity index (χ1) is 12.5. The molecule has 1 N–H and O–H groups in total. The minimum Gasteiger partial charge on any atom is -0.490 e. The van der Waals surface area contributed by atoms with E-state index in [-0.39, 0.29) is 49.6 Å². The largest absolute Gasteiger partial charge is 0.490 e. The third-order valence-corrected chi connectivity index (χ3v) is 4.16. The van der Waals surface area contributed by atoms with Gasteiger partial charge in [0, 0.05) is 25.8 Å². The Morgan fingerprint density at radius 2 is 1.73 bits per heavy atom. The van der Waals surface area contributed by atoms with Crippen LogP contribution in [0, 0.1) is 0 Å². The van der Waals surface area contributed by atoms with E-state index in [1.807, 2.05) is 39.0 Å². The quantitative estimate of drug-likeness (QED) is 0.681. The van der Waals surface area contributed by atoms with Gasteiger partial charge in [-0.15, -0.1) is 0 Å². The van der Waals surface area contributed by atoms with Gasteiger partial charge in [-0.3, -0.25) is 19.3 Å². The standard InChI is InChI=1S/C19H26N2O5/c1-4-25-15-7-6-14(12-16(15)26-5-2)13(3)20-17(22)10-11-21-18(23)8-9-19(21)24/h6-7,12-13H,4-5,8-11H2,1-3H3,(H,20,22). The number of likely N-dealkylation sites (tertiary alicyclic amines) is 1. The molecule has 1 heterocycles. The Bertz CT molecular complexity index is 658. The summed E-state index contributed by atoms with van der Waals surface area (Å²) in [6.07, 6.45) is 0.573. The predicted molar refractivity (Wildman–Crippen MR) is 95.9 cm³/mol. The molecule has 7 nitrogen and oxygen atoms in total. The summed E-state index contributed by atoms with van der Waals surface area (Å²) in [5, 5.41) is 2.89. The lowest BCUT2D eigenvalue weighted by atomic mass is 10.1. The van der Waals surface area contributed by atoms with E-state index < -0.39 is 0 Å². The molecule has 0 spiro atoms. The lowest BCUT2D eigenvalue weighted by Gasteiger charge is -2.18. The molecule has 0 aromatic heterocycles. The van der Waals surface area contributed by atoms with E-state index >= 15 is 0 Å². The molecule has 0 aliphatic carbocycles. The minimum absolute atomic E-state index is 0.0944. The maximum absolute atomic E-state index is 12.2. The Hall–Kier alpha value is -2.57. The zero-order valence-electron chi connectivity index (χ0n) is 15.5. The Morgan fingerprint density at radius 3 is 2.35 bits per heavy atom. The SMILES string of the molecule is CCOc1ccc(C(C)NC(=O)CCN2C(=O)CCC2=O)cc1OCC. The molecule has 1 aromatic rings. The fourth-order valence-corrected chi connectivity index (χ4v) is 2.82. The third kappa shape index (κ3) is 4.97. The highest BCUT2D eigenvalue weighted by Crippen LogP contribution is 2.30. The number of nitrogens with one attached hydrogen (secondary N) is 1. The van der Waals surface area contributed by atoms with Gasteiger partial charge in [0.05, 0.1) is 19.3 Å². The number of hydrogen-bond donors (Lipinski definition) is 1. The first-order valence-electron chi connectivity index (χ1n) is 8.98. The molecular weight excluding hydrogens is 336 g/mol. The number of benzene rings is 1. The van der Waals surface area contributed by atoms with E-state index in [1.165, 1.54) is 0 Å². The van der Waals surface area contributed by atoms with Crippen molar-refractivity contribution < 1.29 is 23.9 Å². The highest BCUT2D eigenvalue weighted by Gasteiger charge is 2.28. The van der Waals surface area contributed by atoms with Crippen LogP contribution < -0.4 is 14.8 Å². The molecule has 142 valence electrons. The van der Waals surface area contributed by atoms with E-state index in [0.717, 1.165) is 10.5 Å². The number of hydrogen-bond acceptors (Lipinski definition) is 5. The Labute approximate surface area is 153 Å². The van der Waals surface area contributed by atoms with E-state index in [4.69, 9.17) is 9.47 Å².